The first kappa shape index (κ1) is 10.0. The van der Waals surface area contributed by atoms with Crippen molar-refractivity contribution in [1.29, 1.82) is 0 Å². The first-order chi connectivity index (χ1) is 5.57. The van der Waals surface area contributed by atoms with Crippen LogP contribution in [0.1, 0.15) is 46.5 Å². The zero-order valence-corrected chi connectivity index (χ0v) is 8.89. The summed E-state index contributed by atoms with van der Waals surface area (Å²) in [6.07, 6.45) is 5.18. The third-order valence-electron chi connectivity index (χ3n) is 3.52. The van der Waals surface area contributed by atoms with Crippen molar-refractivity contribution in [1.82, 2.24) is 0 Å². The van der Waals surface area contributed by atoms with E-state index in [1.54, 1.807) is 0 Å². The van der Waals surface area contributed by atoms with E-state index in [1.807, 2.05) is 7.11 Å². The average Bonchev–Trinajstić information content (AvgIpc) is 2.05. The Bertz CT molecular complexity index is 132. The maximum absolute atomic E-state index is 5.51. The Hall–Kier alpha value is -0.0400. The van der Waals surface area contributed by atoms with Crippen molar-refractivity contribution in [3.63, 3.8) is 0 Å². The van der Waals surface area contributed by atoms with Gasteiger partial charge in [0.1, 0.15) is 0 Å². The molecule has 1 heteroatoms. The lowest BCUT2D eigenvalue weighted by molar-refractivity contribution is -0.0381. The Labute approximate surface area is 76.5 Å². The molecule has 0 N–H and O–H groups in total. The van der Waals surface area contributed by atoms with Gasteiger partial charge in [-0.2, -0.15) is 0 Å². The Morgan fingerprint density at radius 2 is 1.75 bits per heavy atom. The Morgan fingerprint density at radius 1 is 1.25 bits per heavy atom. The number of methoxy groups -OCH3 is 1. The predicted octanol–water partition coefficient (Wildman–Crippen LogP) is 3.24. The molecule has 0 spiro atoms. The molecule has 0 aliphatic heterocycles. The quantitative estimate of drug-likeness (QED) is 0.618. The molecule has 1 aliphatic carbocycles. The van der Waals surface area contributed by atoms with Crippen LogP contribution in [0.5, 0.6) is 0 Å². The van der Waals surface area contributed by atoms with Crippen molar-refractivity contribution >= 4 is 0 Å². The zero-order chi connectivity index (χ0) is 9.19. The monoisotopic (exact) mass is 170 g/mol. The minimum Gasteiger partial charge on any atom is -0.379 e. The van der Waals surface area contributed by atoms with Crippen LogP contribution in [0.25, 0.3) is 0 Å². The lowest BCUT2D eigenvalue weighted by Crippen LogP contribution is -2.33. The van der Waals surface area contributed by atoms with Gasteiger partial charge in [0.25, 0.3) is 0 Å². The lowest BCUT2D eigenvalue weighted by atomic mass is 9.75. The molecule has 0 aromatic heterocycles. The molecule has 0 amide bonds. The molecule has 1 aliphatic rings. The summed E-state index contributed by atoms with van der Waals surface area (Å²) in [5.74, 6) is 1.79. The first-order valence-electron chi connectivity index (χ1n) is 5.12. The molecular formula is C11H22O. The van der Waals surface area contributed by atoms with Crippen LogP contribution >= 0.6 is 0 Å². The third kappa shape index (κ3) is 2.22. The van der Waals surface area contributed by atoms with Crippen LogP contribution in [0.2, 0.25) is 0 Å². The molecule has 0 aromatic rings. The molecule has 0 aromatic carbocycles. The average molecular weight is 170 g/mol. The normalized spacial score (nSPS) is 37.2. The fourth-order valence-corrected chi connectivity index (χ4v) is 2.12. The van der Waals surface area contributed by atoms with E-state index in [0.717, 1.165) is 11.8 Å². The molecule has 0 atom stereocenters. The molecular weight excluding hydrogens is 148 g/mol. The van der Waals surface area contributed by atoms with Crippen LogP contribution < -0.4 is 0 Å². The Morgan fingerprint density at radius 3 is 2.08 bits per heavy atom. The van der Waals surface area contributed by atoms with Crippen LogP contribution in [0.15, 0.2) is 0 Å². The molecule has 1 nitrogen and oxygen atoms in total. The Kier molecular flexibility index (Phi) is 3.16. The summed E-state index contributed by atoms with van der Waals surface area (Å²) in [7, 11) is 1.84. The standard InChI is InChI=1S/C11H22O/c1-9(2)10-5-7-11(3,12-4)8-6-10/h9-10H,5-8H2,1-4H3/t10-,11-. The number of ether oxygens (including phenoxy) is 1. The summed E-state index contributed by atoms with van der Waals surface area (Å²) < 4.78 is 5.51. The maximum Gasteiger partial charge on any atom is 0.0651 e. The Balaban J connectivity index is 2.39. The van der Waals surface area contributed by atoms with Crippen LogP contribution in [0.3, 0.4) is 0 Å². The summed E-state index contributed by atoms with van der Waals surface area (Å²) in [5.41, 5.74) is 0.186. The van der Waals surface area contributed by atoms with Crippen molar-refractivity contribution in [2.24, 2.45) is 11.8 Å². The highest BCUT2D eigenvalue weighted by Crippen LogP contribution is 2.37. The minimum atomic E-state index is 0.186. The van der Waals surface area contributed by atoms with Crippen molar-refractivity contribution in [3.8, 4) is 0 Å². The van der Waals surface area contributed by atoms with Crippen LogP contribution in [-0.2, 0) is 4.74 Å². The van der Waals surface area contributed by atoms with E-state index in [0.29, 0.717) is 0 Å². The highest BCUT2D eigenvalue weighted by atomic mass is 16.5. The van der Waals surface area contributed by atoms with Gasteiger partial charge in [-0.1, -0.05) is 13.8 Å². The third-order valence-corrected chi connectivity index (χ3v) is 3.52. The molecule has 12 heavy (non-hydrogen) atoms. The highest BCUT2D eigenvalue weighted by Gasteiger charge is 2.31. The van der Waals surface area contributed by atoms with E-state index in [-0.39, 0.29) is 5.60 Å². The van der Waals surface area contributed by atoms with Gasteiger partial charge in [-0.3, -0.25) is 0 Å². The van der Waals surface area contributed by atoms with Crippen molar-refractivity contribution < 1.29 is 4.74 Å². The van der Waals surface area contributed by atoms with Gasteiger partial charge in [-0.15, -0.1) is 0 Å². The zero-order valence-electron chi connectivity index (χ0n) is 8.89. The molecule has 1 saturated carbocycles. The van der Waals surface area contributed by atoms with E-state index in [2.05, 4.69) is 20.8 Å². The summed E-state index contributed by atoms with van der Waals surface area (Å²) in [5, 5.41) is 0. The summed E-state index contributed by atoms with van der Waals surface area (Å²) in [4.78, 5) is 0. The molecule has 0 saturated heterocycles. The molecule has 0 unspecified atom stereocenters. The summed E-state index contributed by atoms with van der Waals surface area (Å²) in [6.45, 7) is 6.91. The van der Waals surface area contributed by atoms with Crippen molar-refractivity contribution in [3.05, 3.63) is 0 Å². The van der Waals surface area contributed by atoms with E-state index in [9.17, 15) is 0 Å². The fourth-order valence-electron chi connectivity index (χ4n) is 2.12. The van der Waals surface area contributed by atoms with E-state index in [4.69, 9.17) is 4.74 Å². The molecule has 0 bridgehead atoms. The van der Waals surface area contributed by atoms with Crippen LogP contribution in [0, 0.1) is 11.8 Å². The van der Waals surface area contributed by atoms with Crippen molar-refractivity contribution in [2.45, 2.75) is 52.1 Å². The van der Waals surface area contributed by atoms with Gasteiger partial charge >= 0.3 is 0 Å². The summed E-state index contributed by atoms with van der Waals surface area (Å²) in [6, 6.07) is 0. The second kappa shape index (κ2) is 3.78. The van der Waals surface area contributed by atoms with Gasteiger partial charge < -0.3 is 4.74 Å². The van der Waals surface area contributed by atoms with Gasteiger partial charge in [0, 0.05) is 7.11 Å². The van der Waals surface area contributed by atoms with Gasteiger partial charge in [0.2, 0.25) is 0 Å². The minimum absolute atomic E-state index is 0.186. The molecule has 1 fully saturated rings. The topological polar surface area (TPSA) is 9.23 Å². The van der Waals surface area contributed by atoms with Gasteiger partial charge in [-0.25, -0.2) is 0 Å². The van der Waals surface area contributed by atoms with Crippen LogP contribution in [-0.4, -0.2) is 12.7 Å². The van der Waals surface area contributed by atoms with E-state index in [1.165, 1.54) is 25.7 Å². The SMILES string of the molecule is CO[C@]1(C)CC[C@@H](C(C)C)CC1. The number of hydrogen-bond acceptors (Lipinski definition) is 1. The highest BCUT2D eigenvalue weighted by molar-refractivity contribution is 4.83. The van der Waals surface area contributed by atoms with E-state index >= 15 is 0 Å². The van der Waals surface area contributed by atoms with Crippen LogP contribution in [0.4, 0.5) is 0 Å². The smallest absolute Gasteiger partial charge is 0.0651 e. The second-order valence-corrected chi connectivity index (χ2v) is 4.74. The van der Waals surface area contributed by atoms with Crippen molar-refractivity contribution in [2.75, 3.05) is 7.11 Å². The van der Waals surface area contributed by atoms with Gasteiger partial charge in [0.05, 0.1) is 5.60 Å². The molecule has 72 valence electrons. The number of hydrogen-bond donors (Lipinski definition) is 0. The van der Waals surface area contributed by atoms with Gasteiger partial charge in [-0.05, 0) is 44.4 Å². The lowest BCUT2D eigenvalue weighted by Gasteiger charge is -2.37. The second-order valence-electron chi connectivity index (χ2n) is 4.74. The predicted molar refractivity (Wildman–Crippen MR) is 52.2 cm³/mol. The maximum atomic E-state index is 5.51. The molecule has 0 radical (unpaired) electrons. The van der Waals surface area contributed by atoms with Gasteiger partial charge in [0.15, 0.2) is 0 Å². The number of rotatable bonds is 2. The van der Waals surface area contributed by atoms with E-state index < -0.39 is 0 Å². The largest absolute Gasteiger partial charge is 0.379 e. The summed E-state index contributed by atoms with van der Waals surface area (Å²) >= 11 is 0. The molecule has 0 heterocycles. The first-order valence-corrected chi connectivity index (χ1v) is 5.12. The molecule has 1 rings (SSSR count). The fraction of sp³-hybridized carbons (Fsp3) is 1.00.